The number of aliphatic hydroxyl groups excluding tert-OH is 1. The van der Waals surface area contributed by atoms with Gasteiger partial charge in [0.1, 0.15) is 16.7 Å². The zero-order chi connectivity index (χ0) is 24.9. The molecule has 2 aliphatic rings. The quantitative estimate of drug-likeness (QED) is 0.567. The Morgan fingerprint density at radius 3 is 2.41 bits per heavy atom. The predicted octanol–water partition coefficient (Wildman–Crippen LogP) is 4.79. The lowest BCUT2D eigenvalue weighted by atomic mass is 9.74. The summed E-state index contributed by atoms with van der Waals surface area (Å²) >= 11 is 5.88. The molecule has 0 aliphatic carbocycles. The van der Waals surface area contributed by atoms with Crippen molar-refractivity contribution < 1.29 is 45.0 Å². The number of alkyl halides is 3. The minimum absolute atomic E-state index is 0.214. The number of ether oxygens (including phenoxy) is 2. The fourth-order valence-corrected chi connectivity index (χ4v) is 7.29. The molecule has 5 nitrogen and oxygen atoms in total. The van der Waals surface area contributed by atoms with E-state index in [4.69, 9.17) is 21.1 Å². The second-order valence-electron chi connectivity index (χ2n) is 8.29. The molecule has 1 fully saturated rings. The van der Waals surface area contributed by atoms with Crippen LogP contribution in [0.1, 0.15) is 24.8 Å². The molecular formula is C22H20ClF5O5S. The zero-order valence-electron chi connectivity index (χ0n) is 17.5. The van der Waals surface area contributed by atoms with E-state index in [-0.39, 0.29) is 29.4 Å². The molecule has 4 rings (SSSR count). The predicted molar refractivity (Wildman–Crippen MR) is 111 cm³/mol. The summed E-state index contributed by atoms with van der Waals surface area (Å²) in [5, 5.41) is 9.68. The summed E-state index contributed by atoms with van der Waals surface area (Å²) in [5.74, 6) is -3.71. The number of hydrogen-bond acceptors (Lipinski definition) is 5. The van der Waals surface area contributed by atoms with Crippen molar-refractivity contribution in [1.82, 2.24) is 0 Å². The van der Waals surface area contributed by atoms with Crippen LogP contribution in [-0.4, -0.2) is 45.1 Å². The van der Waals surface area contributed by atoms with E-state index in [0.29, 0.717) is 0 Å². The lowest BCUT2D eigenvalue weighted by molar-refractivity contribution is -0.208. The zero-order valence-corrected chi connectivity index (χ0v) is 19.1. The SMILES string of the molecule is O=S(=O)(c1ccc(Cl)cc1)C12CCOC(CCC(O)C(F)(F)F)C1COc1c(F)ccc(F)c12. The molecule has 1 saturated heterocycles. The van der Waals surface area contributed by atoms with Crippen LogP contribution in [0.5, 0.6) is 5.75 Å². The van der Waals surface area contributed by atoms with Crippen LogP contribution in [0.3, 0.4) is 0 Å². The van der Waals surface area contributed by atoms with Crippen LogP contribution in [0.4, 0.5) is 22.0 Å². The van der Waals surface area contributed by atoms with Gasteiger partial charge in [-0.25, -0.2) is 17.2 Å². The Bertz CT molecular complexity index is 1170. The van der Waals surface area contributed by atoms with Crippen molar-refractivity contribution in [2.45, 2.75) is 47.3 Å². The van der Waals surface area contributed by atoms with Gasteiger partial charge in [-0.3, -0.25) is 0 Å². The van der Waals surface area contributed by atoms with Gasteiger partial charge in [0.05, 0.1) is 23.2 Å². The Morgan fingerprint density at radius 2 is 1.76 bits per heavy atom. The number of hydrogen-bond donors (Lipinski definition) is 1. The topological polar surface area (TPSA) is 72.8 Å². The Labute approximate surface area is 197 Å². The van der Waals surface area contributed by atoms with Gasteiger partial charge in [-0.2, -0.15) is 13.2 Å². The van der Waals surface area contributed by atoms with E-state index in [1.54, 1.807) is 0 Å². The van der Waals surface area contributed by atoms with Gasteiger partial charge in [0.15, 0.2) is 21.4 Å². The van der Waals surface area contributed by atoms with Gasteiger partial charge in [0.2, 0.25) is 0 Å². The van der Waals surface area contributed by atoms with Crippen molar-refractivity contribution in [3.63, 3.8) is 0 Å². The molecule has 12 heteroatoms. The molecule has 2 aromatic carbocycles. The van der Waals surface area contributed by atoms with Crippen molar-refractivity contribution >= 4 is 21.4 Å². The summed E-state index contributed by atoms with van der Waals surface area (Å²) < 4.78 is 105. The molecule has 34 heavy (non-hydrogen) atoms. The first-order valence-corrected chi connectivity index (χ1v) is 12.2. The Hall–Kier alpha value is -1.95. The lowest BCUT2D eigenvalue weighted by Crippen LogP contribution is -2.57. The molecule has 4 atom stereocenters. The fraction of sp³-hybridized carbons (Fsp3) is 0.455. The smallest absolute Gasteiger partial charge is 0.414 e. The van der Waals surface area contributed by atoms with Gasteiger partial charge in [-0.1, -0.05) is 11.6 Å². The molecule has 0 aromatic heterocycles. The summed E-state index contributed by atoms with van der Waals surface area (Å²) in [6.07, 6.45) is -10.1. The molecular weight excluding hydrogens is 507 g/mol. The van der Waals surface area contributed by atoms with Gasteiger partial charge in [0.25, 0.3) is 0 Å². The van der Waals surface area contributed by atoms with Gasteiger partial charge >= 0.3 is 6.18 Å². The summed E-state index contributed by atoms with van der Waals surface area (Å²) in [5.41, 5.74) is -0.511. The standard InChI is InChI=1S/C22H20ClF5O5S/c23-12-1-3-13(4-2-12)34(30,31)21-9-10-32-17(7-8-18(29)22(26,27)28)14(21)11-33-20-16(25)6-5-15(24)19(20)21/h1-6,14,17-18,29H,7-11H2. The molecule has 0 bridgehead atoms. The summed E-state index contributed by atoms with van der Waals surface area (Å²) in [7, 11) is -4.46. The largest absolute Gasteiger partial charge is 0.490 e. The van der Waals surface area contributed by atoms with Crippen molar-refractivity contribution in [3.05, 3.63) is 58.6 Å². The molecule has 0 amide bonds. The van der Waals surface area contributed by atoms with E-state index < -0.39 is 74.9 Å². The molecule has 0 saturated carbocycles. The van der Waals surface area contributed by atoms with Crippen LogP contribution >= 0.6 is 11.6 Å². The highest BCUT2D eigenvalue weighted by molar-refractivity contribution is 7.92. The van der Waals surface area contributed by atoms with Crippen molar-refractivity contribution in [3.8, 4) is 5.75 Å². The third-order valence-corrected chi connectivity index (χ3v) is 9.26. The number of halogens is 6. The van der Waals surface area contributed by atoms with Crippen LogP contribution in [0.15, 0.2) is 41.3 Å². The van der Waals surface area contributed by atoms with Crippen molar-refractivity contribution in [2.75, 3.05) is 13.2 Å². The van der Waals surface area contributed by atoms with E-state index in [1.165, 1.54) is 24.3 Å². The maximum Gasteiger partial charge on any atom is 0.414 e. The molecule has 2 heterocycles. The van der Waals surface area contributed by atoms with Crippen LogP contribution in [0.2, 0.25) is 5.02 Å². The first kappa shape index (κ1) is 25.2. The van der Waals surface area contributed by atoms with E-state index >= 15 is 4.39 Å². The van der Waals surface area contributed by atoms with E-state index in [0.717, 1.165) is 12.1 Å². The van der Waals surface area contributed by atoms with Crippen LogP contribution in [-0.2, 0) is 19.3 Å². The molecule has 2 aromatic rings. The lowest BCUT2D eigenvalue weighted by Gasteiger charge is -2.50. The second-order valence-corrected chi connectivity index (χ2v) is 10.9. The number of aliphatic hydroxyl groups is 1. The van der Waals surface area contributed by atoms with Crippen LogP contribution in [0.25, 0.3) is 0 Å². The Morgan fingerprint density at radius 1 is 1.12 bits per heavy atom. The maximum absolute atomic E-state index is 15.2. The number of sulfone groups is 1. The summed E-state index contributed by atoms with van der Waals surface area (Å²) in [6, 6.07) is 6.73. The molecule has 0 spiro atoms. The number of rotatable bonds is 5. The van der Waals surface area contributed by atoms with Crippen molar-refractivity contribution in [1.29, 1.82) is 0 Å². The number of benzene rings is 2. The Balaban J connectivity index is 1.86. The Kier molecular flexibility index (Phi) is 6.60. The van der Waals surface area contributed by atoms with E-state index in [2.05, 4.69) is 0 Å². The average molecular weight is 527 g/mol. The molecule has 2 aliphatic heterocycles. The first-order chi connectivity index (χ1) is 15.9. The highest BCUT2D eigenvalue weighted by atomic mass is 35.5. The minimum Gasteiger partial charge on any atom is -0.490 e. The van der Waals surface area contributed by atoms with Gasteiger partial charge in [0, 0.05) is 17.5 Å². The summed E-state index contributed by atoms with van der Waals surface area (Å²) in [4.78, 5) is -0.214. The van der Waals surface area contributed by atoms with E-state index in [1.807, 2.05) is 0 Å². The van der Waals surface area contributed by atoms with Crippen molar-refractivity contribution in [2.24, 2.45) is 5.92 Å². The van der Waals surface area contributed by atoms with Crippen LogP contribution < -0.4 is 4.74 Å². The molecule has 186 valence electrons. The highest BCUT2D eigenvalue weighted by Gasteiger charge is 2.61. The van der Waals surface area contributed by atoms with Gasteiger partial charge in [-0.15, -0.1) is 0 Å². The van der Waals surface area contributed by atoms with Crippen LogP contribution in [0, 0.1) is 17.6 Å². The second kappa shape index (κ2) is 8.92. The van der Waals surface area contributed by atoms with E-state index in [9.17, 15) is 31.1 Å². The monoisotopic (exact) mass is 526 g/mol. The third-order valence-electron chi connectivity index (χ3n) is 6.45. The third kappa shape index (κ3) is 4.06. The normalized spacial score (nSPS) is 25.7. The first-order valence-electron chi connectivity index (χ1n) is 10.4. The number of fused-ring (bicyclic) bond motifs is 3. The minimum atomic E-state index is -4.87. The molecule has 0 radical (unpaired) electrons. The summed E-state index contributed by atoms with van der Waals surface area (Å²) in [6.45, 7) is -0.682. The maximum atomic E-state index is 15.2. The highest BCUT2D eigenvalue weighted by Crippen LogP contribution is 2.56. The van der Waals surface area contributed by atoms with Gasteiger partial charge < -0.3 is 14.6 Å². The molecule has 1 N–H and O–H groups in total. The van der Waals surface area contributed by atoms with Gasteiger partial charge in [-0.05, 0) is 55.7 Å². The fourth-order valence-electron chi connectivity index (χ4n) is 4.82. The average Bonchev–Trinajstić information content (AvgIpc) is 2.78. The molecule has 4 unspecified atom stereocenters.